The third-order valence-electron chi connectivity index (χ3n) is 7.09. The fraction of sp³-hybridized carbons (Fsp3) is 0.500. The first-order valence-electron chi connectivity index (χ1n) is 12.6. The molecular weight excluding hydrogens is 420 g/mol. The van der Waals surface area contributed by atoms with Gasteiger partial charge in [0, 0.05) is 52.4 Å². The zero-order chi connectivity index (χ0) is 23.6. The monoisotopic (exact) mass is 456 g/mol. The van der Waals surface area contributed by atoms with E-state index in [1.807, 2.05) is 0 Å². The normalized spacial score (nSPS) is 27.4. The number of hydrogen-bond acceptors (Lipinski definition) is 6. The van der Waals surface area contributed by atoms with E-state index < -0.39 is 0 Å². The molecule has 178 valence electrons. The molecule has 0 saturated carbocycles. The Kier molecular flexibility index (Phi) is 9.07. The summed E-state index contributed by atoms with van der Waals surface area (Å²) in [6.07, 6.45) is 2.00. The minimum Gasteiger partial charge on any atom is -0.298 e. The van der Waals surface area contributed by atoms with Gasteiger partial charge in [-0.1, -0.05) is 60.7 Å². The van der Waals surface area contributed by atoms with Gasteiger partial charge in [0.1, 0.15) is 12.1 Å². The Bertz CT molecular complexity index is 871. The van der Waals surface area contributed by atoms with Gasteiger partial charge in [-0.2, -0.15) is 10.5 Å². The first-order chi connectivity index (χ1) is 16.8. The summed E-state index contributed by atoms with van der Waals surface area (Å²) in [5.74, 6) is 0. The lowest BCUT2D eigenvalue weighted by molar-refractivity contribution is 0.0749. The van der Waals surface area contributed by atoms with E-state index in [-0.39, 0.29) is 12.1 Å². The lowest BCUT2D eigenvalue weighted by atomic mass is 10.0. The highest BCUT2D eigenvalue weighted by atomic mass is 15.3. The zero-order valence-electron chi connectivity index (χ0n) is 20.1. The van der Waals surface area contributed by atoms with Gasteiger partial charge in [-0.15, -0.1) is 0 Å². The van der Waals surface area contributed by atoms with Crippen LogP contribution in [-0.2, 0) is 13.1 Å². The van der Waals surface area contributed by atoms with Gasteiger partial charge in [-0.3, -0.25) is 19.6 Å². The maximum Gasteiger partial charge on any atom is 0.127 e. The van der Waals surface area contributed by atoms with Gasteiger partial charge >= 0.3 is 0 Å². The van der Waals surface area contributed by atoms with E-state index in [2.05, 4.69) is 92.4 Å². The molecule has 6 heteroatoms. The van der Waals surface area contributed by atoms with Crippen molar-refractivity contribution >= 4 is 0 Å². The molecule has 2 fully saturated rings. The number of nitriles is 2. The average Bonchev–Trinajstić information content (AvgIpc) is 2.87. The number of rotatable bonds is 4. The fourth-order valence-corrected chi connectivity index (χ4v) is 5.24. The summed E-state index contributed by atoms with van der Waals surface area (Å²) in [6, 6.07) is 25.5. The van der Waals surface area contributed by atoms with Gasteiger partial charge in [-0.25, -0.2) is 0 Å². The molecule has 0 radical (unpaired) electrons. The quantitative estimate of drug-likeness (QED) is 0.704. The molecule has 34 heavy (non-hydrogen) atoms. The van der Waals surface area contributed by atoms with Crippen molar-refractivity contribution in [3.63, 3.8) is 0 Å². The van der Waals surface area contributed by atoms with Crippen molar-refractivity contribution in [1.29, 1.82) is 10.5 Å². The lowest BCUT2D eigenvalue weighted by Crippen LogP contribution is -2.56. The Labute approximate surface area is 204 Å². The highest BCUT2D eigenvalue weighted by Crippen LogP contribution is 2.18. The van der Waals surface area contributed by atoms with Gasteiger partial charge in [-0.05, 0) is 37.1 Å². The van der Waals surface area contributed by atoms with Crippen LogP contribution in [0.1, 0.15) is 24.0 Å². The number of nitrogens with zero attached hydrogens (tertiary/aromatic N) is 6. The van der Waals surface area contributed by atoms with E-state index in [0.717, 1.165) is 78.3 Å². The highest BCUT2D eigenvalue weighted by Gasteiger charge is 2.34. The molecule has 2 unspecified atom stereocenters. The fourth-order valence-electron chi connectivity index (χ4n) is 5.24. The SMILES string of the molecule is N#C[C@@H]1[C@@H](C#N)N2CCCN(Cc3ccccc3)CCN1CCCN(Cc1ccccc1)CC2. The maximum absolute atomic E-state index is 10.1. The van der Waals surface area contributed by atoms with E-state index >= 15 is 0 Å². The van der Waals surface area contributed by atoms with Crippen molar-refractivity contribution in [1.82, 2.24) is 19.6 Å². The molecule has 2 aromatic carbocycles. The van der Waals surface area contributed by atoms with Crippen LogP contribution in [0.3, 0.4) is 0 Å². The van der Waals surface area contributed by atoms with Gasteiger partial charge in [0.2, 0.25) is 0 Å². The van der Waals surface area contributed by atoms with Gasteiger partial charge < -0.3 is 0 Å². The molecule has 2 aliphatic rings. The topological polar surface area (TPSA) is 60.5 Å². The minimum atomic E-state index is -0.387. The van der Waals surface area contributed by atoms with Crippen molar-refractivity contribution in [2.75, 3.05) is 52.4 Å². The molecule has 4 rings (SSSR count). The van der Waals surface area contributed by atoms with Crippen LogP contribution in [0, 0.1) is 22.7 Å². The summed E-state index contributed by atoms with van der Waals surface area (Å²) in [6.45, 7) is 9.01. The van der Waals surface area contributed by atoms with Crippen LogP contribution in [0.5, 0.6) is 0 Å². The standard InChI is InChI=1S/C28H36N6/c29-21-27-28(22-30)34-15-7-13-31(23-25-9-3-1-4-10-25)17-19-33(27)16-8-14-32(18-20-34)24-26-11-5-2-6-12-26/h1-6,9-12,27-28H,7-8,13-20,23-24H2/t27-,28-/m1/s1. The molecule has 0 aromatic heterocycles. The molecule has 4 atom stereocenters. The summed E-state index contributed by atoms with van der Waals surface area (Å²) in [5.41, 5.74) is 2.65. The van der Waals surface area contributed by atoms with Gasteiger partial charge in [0.05, 0.1) is 12.1 Å². The van der Waals surface area contributed by atoms with E-state index in [9.17, 15) is 10.5 Å². The van der Waals surface area contributed by atoms with E-state index in [0.29, 0.717) is 0 Å². The van der Waals surface area contributed by atoms with E-state index in [1.54, 1.807) is 0 Å². The summed E-state index contributed by atoms with van der Waals surface area (Å²) in [5, 5.41) is 20.3. The van der Waals surface area contributed by atoms with Crippen molar-refractivity contribution in [3.8, 4) is 12.1 Å². The molecule has 0 N–H and O–H groups in total. The molecule has 0 amide bonds. The van der Waals surface area contributed by atoms with E-state index in [4.69, 9.17) is 0 Å². The third kappa shape index (κ3) is 6.65. The second-order valence-electron chi connectivity index (χ2n) is 9.45. The largest absolute Gasteiger partial charge is 0.298 e. The predicted molar refractivity (Wildman–Crippen MR) is 135 cm³/mol. The van der Waals surface area contributed by atoms with Crippen molar-refractivity contribution in [2.24, 2.45) is 0 Å². The molecular formula is C28H36N6. The molecule has 2 bridgehead atoms. The smallest absolute Gasteiger partial charge is 0.127 e. The van der Waals surface area contributed by atoms with Crippen LogP contribution in [0.2, 0.25) is 0 Å². The summed E-state index contributed by atoms with van der Waals surface area (Å²) < 4.78 is 0. The van der Waals surface area contributed by atoms with Crippen LogP contribution >= 0.6 is 0 Å². The summed E-state index contributed by atoms with van der Waals surface area (Å²) in [7, 11) is 0. The van der Waals surface area contributed by atoms with Crippen LogP contribution in [0.25, 0.3) is 0 Å². The van der Waals surface area contributed by atoms with Crippen molar-refractivity contribution in [3.05, 3.63) is 71.8 Å². The highest BCUT2D eigenvalue weighted by molar-refractivity contribution is 5.16. The molecule has 0 spiro atoms. The van der Waals surface area contributed by atoms with Gasteiger partial charge in [0.15, 0.2) is 0 Å². The Morgan fingerprint density at radius 2 is 0.971 bits per heavy atom. The number of hydrogen-bond donors (Lipinski definition) is 0. The Morgan fingerprint density at radius 1 is 0.559 bits per heavy atom. The van der Waals surface area contributed by atoms with Crippen LogP contribution in [-0.4, -0.2) is 84.0 Å². The molecule has 0 aliphatic carbocycles. The molecule has 6 nitrogen and oxygen atoms in total. The van der Waals surface area contributed by atoms with E-state index in [1.165, 1.54) is 11.1 Å². The molecule has 2 aromatic rings. The van der Waals surface area contributed by atoms with Crippen molar-refractivity contribution < 1.29 is 0 Å². The number of fused-ring (bicyclic) bond motifs is 3. The Balaban J connectivity index is 1.51. The van der Waals surface area contributed by atoms with Crippen LogP contribution in [0.4, 0.5) is 0 Å². The average molecular weight is 457 g/mol. The second-order valence-corrected chi connectivity index (χ2v) is 9.45. The van der Waals surface area contributed by atoms with Crippen LogP contribution in [0.15, 0.2) is 60.7 Å². The van der Waals surface area contributed by atoms with Gasteiger partial charge in [0.25, 0.3) is 0 Å². The predicted octanol–water partition coefficient (Wildman–Crippen LogP) is 3.19. The minimum absolute atomic E-state index is 0.387. The third-order valence-corrected chi connectivity index (χ3v) is 7.09. The number of benzene rings is 2. The first-order valence-corrected chi connectivity index (χ1v) is 12.6. The second kappa shape index (κ2) is 12.6. The molecule has 2 aliphatic heterocycles. The molecule has 2 saturated heterocycles. The zero-order valence-corrected chi connectivity index (χ0v) is 20.1. The maximum atomic E-state index is 10.1. The first kappa shape index (κ1) is 24.4. The summed E-state index contributed by atoms with van der Waals surface area (Å²) >= 11 is 0. The van der Waals surface area contributed by atoms with Crippen molar-refractivity contribution in [2.45, 2.75) is 38.0 Å². The lowest BCUT2D eigenvalue weighted by Gasteiger charge is -2.40. The Hall–Kier alpha value is -2.74. The summed E-state index contributed by atoms with van der Waals surface area (Å²) in [4.78, 5) is 9.57. The molecule has 2 heterocycles. The Morgan fingerprint density at radius 3 is 1.35 bits per heavy atom. The van der Waals surface area contributed by atoms with Crippen LogP contribution < -0.4 is 0 Å².